The topological polar surface area (TPSA) is 100 Å². The molecule has 0 bridgehead atoms. The van der Waals surface area contributed by atoms with E-state index in [1.807, 2.05) is 12.1 Å². The third kappa shape index (κ3) is 2.39. The zero-order valence-electron chi connectivity index (χ0n) is 15.3. The monoisotopic (exact) mass is 383 g/mol. The Kier molecular flexibility index (Phi) is 3.61. The molecule has 3 aromatic heterocycles. The molecule has 2 aromatic carbocycles. The van der Waals surface area contributed by atoms with Crippen molar-refractivity contribution >= 4 is 38.4 Å². The Hall–Kier alpha value is -4.18. The number of hydrogen-bond donors (Lipinski definition) is 3. The van der Waals surface area contributed by atoms with Crippen LogP contribution < -0.4 is 11.3 Å². The number of fused-ring (bicyclic) bond motifs is 4. The summed E-state index contributed by atoms with van der Waals surface area (Å²) in [4.78, 5) is 20.0. The van der Waals surface area contributed by atoms with Gasteiger partial charge in [0.25, 0.3) is 5.56 Å². The number of rotatable bonds is 1. The molecule has 5 aromatic rings. The highest BCUT2D eigenvalue weighted by molar-refractivity contribution is 6.15. The molecular formula is C22H14FN5O. The standard InChI is InChI=1S/C22H14FN5O/c1-2-4-11-9-14-17(12-6-7-16(23)21-15(12)10-26-28-21)18(24)22(29)27-20(14)13-5-3-8-25-19(11)13/h3,5-10H,24H2,1H3,(H,26,28)(H,27,29). The van der Waals surface area contributed by atoms with Crippen molar-refractivity contribution in [2.75, 3.05) is 5.73 Å². The molecule has 0 atom stereocenters. The van der Waals surface area contributed by atoms with Crippen molar-refractivity contribution in [1.29, 1.82) is 0 Å². The number of H-pyrrole nitrogens is 2. The summed E-state index contributed by atoms with van der Waals surface area (Å²) in [6, 6.07) is 8.47. The van der Waals surface area contributed by atoms with Crippen molar-refractivity contribution in [3.63, 3.8) is 0 Å². The molecule has 0 saturated heterocycles. The number of nitrogens with zero attached hydrogens (tertiary/aromatic N) is 2. The van der Waals surface area contributed by atoms with Gasteiger partial charge < -0.3 is 10.7 Å². The van der Waals surface area contributed by atoms with E-state index in [0.717, 1.165) is 5.39 Å². The molecule has 7 heteroatoms. The summed E-state index contributed by atoms with van der Waals surface area (Å²) in [7, 11) is 0. The first kappa shape index (κ1) is 17.0. The molecule has 0 fully saturated rings. The molecule has 0 aliphatic rings. The largest absolute Gasteiger partial charge is 0.394 e. The van der Waals surface area contributed by atoms with Gasteiger partial charge >= 0.3 is 0 Å². The maximum Gasteiger partial charge on any atom is 0.272 e. The molecule has 29 heavy (non-hydrogen) atoms. The van der Waals surface area contributed by atoms with Gasteiger partial charge in [0.1, 0.15) is 17.0 Å². The van der Waals surface area contributed by atoms with Crippen LogP contribution in [0.2, 0.25) is 0 Å². The van der Waals surface area contributed by atoms with Gasteiger partial charge in [-0.05, 0) is 36.8 Å². The molecule has 0 aliphatic carbocycles. The molecule has 0 aliphatic heterocycles. The molecule has 6 nitrogen and oxygen atoms in total. The second kappa shape index (κ2) is 6.17. The highest BCUT2D eigenvalue weighted by Gasteiger charge is 2.19. The first-order valence-corrected chi connectivity index (χ1v) is 8.88. The lowest BCUT2D eigenvalue weighted by molar-refractivity contribution is 0.636. The first-order chi connectivity index (χ1) is 14.1. The van der Waals surface area contributed by atoms with E-state index in [1.54, 1.807) is 25.3 Å². The fourth-order valence-corrected chi connectivity index (χ4v) is 3.76. The number of pyridine rings is 2. The van der Waals surface area contributed by atoms with Crippen molar-refractivity contribution in [3.05, 3.63) is 64.5 Å². The summed E-state index contributed by atoms with van der Waals surface area (Å²) in [5, 5.41) is 8.61. The average molecular weight is 383 g/mol. The van der Waals surface area contributed by atoms with E-state index >= 15 is 0 Å². The number of benzene rings is 2. The maximum absolute atomic E-state index is 14.2. The molecular weight excluding hydrogens is 369 g/mol. The molecule has 0 spiro atoms. The average Bonchev–Trinajstić information content (AvgIpc) is 3.22. The van der Waals surface area contributed by atoms with Gasteiger partial charge in [0.05, 0.1) is 22.8 Å². The van der Waals surface area contributed by atoms with Gasteiger partial charge in [-0.3, -0.25) is 14.9 Å². The van der Waals surface area contributed by atoms with Crippen LogP contribution in [-0.2, 0) is 0 Å². The number of nitrogens with one attached hydrogen (secondary N) is 2. The third-order valence-corrected chi connectivity index (χ3v) is 5.01. The lowest BCUT2D eigenvalue weighted by Gasteiger charge is -2.14. The highest BCUT2D eigenvalue weighted by atomic mass is 19.1. The van der Waals surface area contributed by atoms with Crippen LogP contribution in [0, 0.1) is 17.7 Å². The molecule has 0 amide bonds. The quantitative estimate of drug-likeness (QED) is 0.303. The fourth-order valence-electron chi connectivity index (χ4n) is 3.76. The molecule has 140 valence electrons. The Labute approximate surface area is 163 Å². The minimum atomic E-state index is -0.429. The Morgan fingerprint density at radius 3 is 2.83 bits per heavy atom. The van der Waals surface area contributed by atoms with Gasteiger partial charge in [-0.2, -0.15) is 5.10 Å². The molecule has 0 radical (unpaired) electrons. The summed E-state index contributed by atoms with van der Waals surface area (Å²) in [5.74, 6) is 5.54. The highest BCUT2D eigenvalue weighted by Crippen LogP contribution is 2.38. The van der Waals surface area contributed by atoms with Crippen LogP contribution in [0.25, 0.3) is 43.8 Å². The Bertz CT molecular complexity index is 1570. The number of nitrogen functional groups attached to an aromatic ring is 1. The van der Waals surface area contributed by atoms with Crippen molar-refractivity contribution in [3.8, 4) is 23.0 Å². The fraction of sp³-hybridized carbons (Fsp3) is 0.0455. The van der Waals surface area contributed by atoms with E-state index in [0.29, 0.717) is 38.5 Å². The van der Waals surface area contributed by atoms with E-state index in [9.17, 15) is 9.18 Å². The zero-order valence-corrected chi connectivity index (χ0v) is 15.3. The van der Waals surface area contributed by atoms with E-state index in [4.69, 9.17) is 5.73 Å². The predicted molar refractivity (Wildman–Crippen MR) is 112 cm³/mol. The zero-order chi connectivity index (χ0) is 20.1. The van der Waals surface area contributed by atoms with E-state index in [-0.39, 0.29) is 11.2 Å². The molecule has 5 rings (SSSR count). The summed E-state index contributed by atoms with van der Waals surface area (Å²) in [5.41, 5.74) is 9.24. The molecule has 0 saturated carbocycles. The van der Waals surface area contributed by atoms with Gasteiger partial charge in [0.15, 0.2) is 0 Å². The summed E-state index contributed by atoms with van der Waals surface area (Å²) in [6.07, 6.45) is 3.20. The van der Waals surface area contributed by atoms with Crippen LogP contribution in [0.3, 0.4) is 0 Å². The van der Waals surface area contributed by atoms with Crippen molar-refractivity contribution in [2.24, 2.45) is 0 Å². The minimum absolute atomic E-state index is 0.0465. The van der Waals surface area contributed by atoms with Crippen LogP contribution >= 0.6 is 0 Å². The predicted octanol–water partition coefficient (Wildman–Crippen LogP) is 3.71. The normalized spacial score (nSPS) is 11.1. The van der Waals surface area contributed by atoms with Gasteiger partial charge in [0, 0.05) is 27.9 Å². The van der Waals surface area contributed by atoms with Gasteiger partial charge in [-0.25, -0.2) is 4.39 Å². The van der Waals surface area contributed by atoms with Crippen LogP contribution in [0.15, 0.2) is 47.5 Å². The van der Waals surface area contributed by atoms with Crippen molar-refractivity contribution in [1.82, 2.24) is 20.2 Å². The van der Waals surface area contributed by atoms with Gasteiger partial charge in [-0.1, -0.05) is 12.0 Å². The number of nitrogens with two attached hydrogens (primary N) is 1. The second-order valence-electron chi connectivity index (χ2n) is 6.62. The first-order valence-electron chi connectivity index (χ1n) is 8.88. The summed E-state index contributed by atoms with van der Waals surface area (Å²) in [6.45, 7) is 1.75. The molecule has 0 unspecified atom stereocenters. The van der Waals surface area contributed by atoms with Gasteiger partial charge in [-0.15, -0.1) is 5.92 Å². The summed E-state index contributed by atoms with van der Waals surface area (Å²) >= 11 is 0. The number of aromatic amines is 2. The Balaban J connectivity index is 2.04. The molecule has 4 N–H and O–H groups in total. The van der Waals surface area contributed by atoms with Crippen LogP contribution in [0.5, 0.6) is 0 Å². The van der Waals surface area contributed by atoms with Crippen molar-refractivity contribution in [2.45, 2.75) is 6.92 Å². The van der Waals surface area contributed by atoms with Crippen LogP contribution in [-0.4, -0.2) is 20.2 Å². The lowest BCUT2D eigenvalue weighted by atomic mass is 9.94. The number of halogens is 1. The van der Waals surface area contributed by atoms with Gasteiger partial charge in [0.2, 0.25) is 0 Å². The number of hydrogen-bond acceptors (Lipinski definition) is 4. The Morgan fingerprint density at radius 1 is 1.14 bits per heavy atom. The van der Waals surface area contributed by atoms with E-state index < -0.39 is 11.4 Å². The van der Waals surface area contributed by atoms with Crippen molar-refractivity contribution < 1.29 is 4.39 Å². The lowest BCUT2D eigenvalue weighted by Crippen LogP contribution is -2.14. The Morgan fingerprint density at radius 2 is 2.00 bits per heavy atom. The second-order valence-corrected chi connectivity index (χ2v) is 6.62. The summed E-state index contributed by atoms with van der Waals surface area (Å²) < 4.78 is 14.2. The van der Waals surface area contributed by atoms with Crippen LogP contribution in [0.1, 0.15) is 12.5 Å². The third-order valence-electron chi connectivity index (χ3n) is 5.01. The maximum atomic E-state index is 14.2. The minimum Gasteiger partial charge on any atom is -0.394 e. The smallest absolute Gasteiger partial charge is 0.272 e. The number of anilines is 1. The number of aromatic nitrogens is 4. The van der Waals surface area contributed by atoms with E-state index in [1.165, 1.54) is 12.3 Å². The van der Waals surface area contributed by atoms with E-state index in [2.05, 4.69) is 32.0 Å². The SMILES string of the molecule is CC#Cc1cc2c(-c3ccc(F)c4[nH]ncc34)c(N)c(=O)[nH]c2c2cccnc12. The molecule has 3 heterocycles. The van der Waals surface area contributed by atoms with Crippen LogP contribution in [0.4, 0.5) is 10.1 Å².